The fourth-order valence-corrected chi connectivity index (χ4v) is 4.90. The Bertz CT molecular complexity index is 416. The predicted molar refractivity (Wildman–Crippen MR) is 92.8 cm³/mol. The molecule has 0 saturated carbocycles. The molecule has 0 aliphatic rings. The molecule has 2 unspecified atom stereocenters. The minimum absolute atomic E-state index is 0.105. The van der Waals surface area contributed by atoms with Crippen molar-refractivity contribution < 1.29 is 9.09 Å². The highest BCUT2D eigenvalue weighted by Gasteiger charge is 2.32. The monoisotopic (exact) mass is 310 g/mol. The third-order valence-corrected chi connectivity index (χ3v) is 6.96. The summed E-state index contributed by atoms with van der Waals surface area (Å²) in [5.41, 5.74) is 0.105. The molecule has 1 aromatic carbocycles. The first kappa shape index (κ1) is 18.5. The summed E-state index contributed by atoms with van der Waals surface area (Å²) in [7, 11) is -2.74. The van der Waals surface area contributed by atoms with Crippen LogP contribution in [0.5, 0.6) is 0 Å². The van der Waals surface area contributed by atoms with Crippen molar-refractivity contribution in [2.45, 2.75) is 71.4 Å². The molecule has 0 bridgehead atoms. The van der Waals surface area contributed by atoms with Gasteiger partial charge in [-0.05, 0) is 25.0 Å². The Morgan fingerprint density at radius 3 is 2.29 bits per heavy atom. The first-order valence-electron chi connectivity index (χ1n) is 8.45. The molecule has 0 fully saturated rings. The van der Waals surface area contributed by atoms with Crippen molar-refractivity contribution in [3.05, 3.63) is 30.3 Å². The van der Waals surface area contributed by atoms with Crippen LogP contribution < -0.4 is 5.30 Å². The van der Waals surface area contributed by atoms with Gasteiger partial charge in [0.15, 0.2) is 0 Å². The molecule has 2 nitrogen and oxygen atoms in total. The summed E-state index contributed by atoms with van der Waals surface area (Å²) in [6, 6.07) is 9.78. The Morgan fingerprint density at radius 2 is 1.67 bits per heavy atom. The smallest absolute Gasteiger partial charge is 0.234 e. The average molecular weight is 310 g/mol. The fourth-order valence-electron chi connectivity index (χ4n) is 2.47. The van der Waals surface area contributed by atoms with Crippen LogP contribution >= 0.6 is 7.37 Å². The molecule has 0 spiro atoms. The second-order valence-corrected chi connectivity index (χ2v) is 8.67. The summed E-state index contributed by atoms with van der Waals surface area (Å²) in [4.78, 5) is 0. The molecule has 21 heavy (non-hydrogen) atoms. The molecule has 120 valence electrons. The predicted octanol–water partition coefficient (Wildman–Crippen LogP) is 5.77. The largest absolute Gasteiger partial charge is 0.325 e. The molecule has 0 radical (unpaired) electrons. The Labute approximate surface area is 130 Å². The summed E-state index contributed by atoms with van der Waals surface area (Å²) in [5.74, 6) is 0. The highest BCUT2D eigenvalue weighted by molar-refractivity contribution is 7.67. The van der Waals surface area contributed by atoms with Crippen molar-refractivity contribution in [1.29, 1.82) is 0 Å². The van der Waals surface area contributed by atoms with Gasteiger partial charge in [0.05, 0.1) is 6.61 Å². The quantitative estimate of drug-likeness (QED) is 0.383. The van der Waals surface area contributed by atoms with E-state index in [2.05, 4.69) is 20.8 Å². The Morgan fingerprint density at radius 1 is 1.00 bits per heavy atom. The van der Waals surface area contributed by atoms with Gasteiger partial charge in [0.1, 0.15) is 0 Å². The highest BCUT2D eigenvalue weighted by Crippen LogP contribution is 2.52. The van der Waals surface area contributed by atoms with Gasteiger partial charge in [0.2, 0.25) is 7.37 Å². The van der Waals surface area contributed by atoms with E-state index in [-0.39, 0.29) is 5.66 Å². The lowest BCUT2D eigenvalue weighted by Crippen LogP contribution is -2.18. The highest BCUT2D eigenvalue weighted by atomic mass is 31.2. The van der Waals surface area contributed by atoms with Crippen molar-refractivity contribution >= 4 is 12.7 Å². The van der Waals surface area contributed by atoms with Crippen molar-refractivity contribution in [3.63, 3.8) is 0 Å². The first-order chi connectivity index (χ1) is 10.1. The number of hydrogen-bond acceptors (Lipinski definition) is 2. The number of benzene rings is 1. The molecule has 0 N–H and O–H groups in total. The van der Waals surface area contributed by atoms with Crippen molar-refractivity contribution in [2.75, 3.05) is 6.61 Å². The summed E-state index contributed by atoms with van der Waals surface area (Å²) in [6.07, 6.45) is 7.89. The lowest BCUT2D eigenvalue weighted by atomic mass is 10.1. The standard InChI is InChI=1S/C18H31O2P/c1-4-6-8-10-13-17(3)21(19,20-16-7-5-2)18-14-11-9-12-15-18/h9,11-12,14-15,17H,4-8,10,13,16H2,1-3H3. The second-order valence-electron chi connectivity index (χ2n) is 5.82. The molecule has 0 aromatic heterocycles. The fraction of sp³-hybridized carbons (Fsp3) is 0.667. The SMILES string of the molecule is CCCCCCC(C)P(=O)(OCCCC)c1ccccc1. The van der Waals surface area contributed by atoms with E-state index in [9.17, 15) is 4.57 Å². The Kier molecular flexibility index (Phi) is 8.96. The van der Waals surface area contributed by atoms with Crippen LogP contribution in [-0.2, 0) is 9.09 Å². The molecule has 2 atom stereocenters. The maximum atomic E-state index is 13.4. The van der Waals surface area contributed by atoms with Gasteiger partial charge in [-0.2, -0.15) is 0 Å². The van der Waals surface area contributed by atoms with Crippen molar-refractivity contribution in [1.82, 2.24) is 0 Å². The van der Waals surface area contributed by atoms with E-state index in [0.29, 0.717) is 6.61 Å². The molecule has 0 saturated heterocycles. The lowest BCUT2D eigenvalue weighted by Gasteiger charge is -2.25. The van der Waals surface area contributed by atoms with Gasteiger partial charge in [-0.1, -0.05) is 71.1 Å². The molecule has 1 rings (SSSR count). The third kappa shape index (κ3) is 5.96. The van der Waals surface area contributed by atoms with E-state index in [1.165, 1.54) is 19.3 Å². The maximum Gasteiger partial charge on any atom is 0.234 e. The van der Waals surface area contributed by atoms with E-state index in [4.69, 9.17) is 4.52 Å². The summed E-state index contributed by atoms with van der Waals surface area (Å²) < 4.78 is 19.4. The zero-order valence-electron chi connectivity index (χ0n) is 13.9. The number of rotatable bonds is 11. The van der Waals surface area contributed by atoms with E-state index in [1.807, 2.05) is 30.3 Å². The van der Waals surface area contributed by atoms with Crippen LogP contribution in [-0.4, -0.2) is 12.3 Å². The molecule has 1 aromatic rings. The van der Waals surface area contributed by atoms with Gasteiger partial charge in [-0.3, -0.25) is 4.57 Å². The van der Waals surface area contributed by atoms with Gasteiger partial charge in [-0.25, -0.2) is 0 Å². The van der Waals surface area contributed by atoms with Gasteiger partial charge in [0.25, 0.3) is 0 Å². The van der Waals surface area contributed by atoms with Crippen LogP contribution in [0.25, 0.3) is 0 Å². The molecule has 0 heterocycles. The number of unbranched alkanes of at least 4 members (excludes halogenated alkanes) is 4. The van der Waals surface area contributed by atoms with Crippen molar-refractivity contribution in [3.8, 4) is 0 Å². The van der Waals surface area contributed by atoms with E-state index < -0.39 is 7.37 Å². The van der Waals surface area contributed by atoms with Crippen LogP contribution in [0.15, 0.2) is 30.3 Å². The van der Waals surface area contributed by atoms with Crippen LogP contribution in [0, 0.1) is 0 Å². The minimum atomic E-state index is -2.74. The minimum Gasteiger partial charge on any atom is -0.325 e. The van der Waals surface area contributed by atoms with Gasteiger partial charge in [-0.15, -0.1) is 0 Å². The lowest BCUT2D eigenvalue weighted by molar-refractivity contribution is 0.305. The van der Waals surface area contributed by atoms with Crippen LogP contribution in [0.1, 0.15) is 65.7 Å². The third-order valence-electron chi connectivity index (χ3n) is 3.95. The Balaban J connectivity index is 2.74. The van der Waals surface area contributed by atoms with E-state index in [1.54, 1.807) is 0 Å². The first-order valence-corrected chi connectivity index (χ1v) is 10.1. The van der Waals surface area contributed by atoms with Crippen LogP contribution in [0.4, 0.5) is 0 Å². The molecule has 0 aliphatic carbocycles. The summed E-state index contributed by atoms with van der Waals surface area (Å²) >= 11 is 0. The number of hydrogen-bond donors (Lipinski definition) is 0. The van der Waals surface area contributed by atoms with E-state index in [0.717, 1.165) is 31.0 Å². The summed E-state index contributed by atoms with van der Waals surface area (Å²) in [5, 5.41) is 0.879. The van der Waals surface area contributed by atoms with Crippen LogP contribution in [0.2, 0.25) is 0 Å². The normalized spacial score (nSPS) is 15.6. The van der Waals surface area contributed by atoms with Gasteiger partial charge < -0.3 is 4.52 Å². The van der Waals surface area contributed by atoms with Gasteiger partial charge in [0, 0.05) is 11.0 Å². The topological polar surface area (TPSA) is 26.3 Å². The van der Waals surface area contributed by atoms with Crippen LogP contribution in [0.3, 0.4) is 0 Å². The second kappa shape index (κ2) is 10.2. The molecular weight excluding hydrogens is 279 g/mol. The average Bonchev–Trinajstić information content (AvgIpc) is 2.52. The molecule has 0 aliphatic heterocycles. The van der Waals surface area contributed by atoms with E-state index >= 15 is 0 Å². The zero-order chi connectivity index (χ0) is 15.6. The molecular formula is C18H31O2P. The molecule has 0 amide bonds. The zero-order valence-corrected chi connectivity index (χ0v) is 14.8. The maximum absolute atomic E-state index is 13.4. The van der Waals surface area contributed by atoms with Crippen molar-refractivity contribution in [2.24, 2.45) is 0 Å². The Hall–Kier alpha value is -0.590. The summed E-state index contributed by atoms with van der Waals surface area (Å²) in [6.45, 7) is 7.03. The van der Waals surface area contributed by atoms with Gasteiger partial charge >= 0.3 is 0 Å². The molecule has 3 heteroatoms.